The van der Waals surface area contributed by atoms with Crippen LogP contribution in [0, 0.1) is 0 Å². The van der Waals surface area contributed by atoms with Crippen molar-refractivity contribution in [1.82, 2.24) is 0 Å². The van der Waals surface area contributed by atoms with E-state index in [1.165, 1.54) is 12.1 Å². The maximum absolute atomic E-state index is 10.4. The number of phenols is 1. The fourth-order valence-electron chi connectivity index (χ4n) is 1.93. The van der Waals surface area contributed by atoms with E-state index in [4.69, 9.17) is 26.8 Å². The second kappa shape index (κ2) is 10.1. The highest BCUT2D eigenvalue weighted by atomic mass is 16.4. The van der Waals surface area contributed by atoms with E-state index in [0.717, 1.165) is 11.1 Å². The molecule has 0 bridgehead atoms. The third-order valence-corrected chi connectivity index (χ3v) is 3.32. The number of rotatable bonds is 6. The Labute approximate surface area is 145 Å². The molecule has 0 fully saturated rings. The van der Waals surface area contributed by atoms with Crippen molar-refractivity contribution in [3.8, 4) is 5.75 Å². The standard InChI is InChI=1S/C9H11NO3.C9H11NO2/c10-8(9(12)13)5-6-1-3-7(11)4-2-6;10-8(9(11)12)6-7-4-2-1-3-5-7/h1-4,8,11H,5,10H2,(H,12,13);1-5,8H,6,10H2,(H,11,12). The lowest BCUT2D eigenvalue weighted by Crippen LogP contribution is -2.32. The van der Waals surface area contributed by atoms with E-state index in [0.29, 0.717) is 6.42 Å². The van der Waals surface area contributed by atoms with Crippen LogP contribution < -0.4 is 11.5 Å². The van der Waals surface area contributed by atoms with Crippen LogP contribution in [0.25, 0.3) is 0 Å². The van der Waals surface area contributed by atoms with Crippen molar-refractivity contribution in [3.63, 3.8) is 0 Å². The van der Waals surface area contributed by atoms with Crippen molar-refractivity contribution in [2.24, 2.45) is 11.5 Å². The fourth-order valence-corrected chi connectivity index (χ4v) is 1.93. The molecule has 0 amide bonds. The molecule has 0 heterocycles. The van der Waals surface area contributed by atoms with Gasteiger partial charge < -0.3 is 26.8 Å². The zero-order chi connectivity index (χ0) is 18.8. The van der Waals surface area contributed by atoms with Gasteiger partial charge in [0.15, 0.2) is 0 Å². The number of carboxylic acids is 2. The van der Waals surface area contributed by atoms with Crippen molar-refractivity contribution >= 4 is 11.9 Å². The lowest BCUT2D eigenvalue weighted by molar-refractivity contribution is -0.139. The number of carbonyl (C=O) groups is 2. The second-order valence-electron chi connectivity index (χ2n) is 5.45. The Balaban J connectivity index is 0.000000251. The zero-order valence-electron chi connectivity index (χ0n) is 13.6. The molecule has 0 saturated heterocycles. The van der Waals surface area contributed by atoms with Crippen molar-refractivity contribution in [2.75, 3.05) is 0 Å². The maximum Gasteiger partial charge on any atom is 0.320 e. The van der Waals surface area contributed by atoms with E-state index in [-0.39, 0.29) is 12.2 Å². The Bertz CT molecular complexity index is 674. The van der Waals surface area contributed by atoms with Crippen LogP contribution in [-0.2, 0) is 22.4 Å². The van der Waals surface area contributed by atoms with Crippen LogP contribution in [0.15, 0.2) is 54.6 Å². The van der Waals surface area contributed by atoms with Crippen LogP contribution in [0.3, 0.4) is 0 Å². The molecular weight excluding hydrogens is 324 g/mol. The van der Waals surface area contributed by atoms with E-state index in [9.17, 15) is 9.59 Å². The molecule has 2 atom stereocenters. The Hall–Kier alpha value is -2.90. The molecule has 0 aliphatic carbocycles. The van der Waals surface area contributed by atoms with Gasteiger partial charge >= 0.3 is 11.9 Å². The topological polar surface area (TPSA) is 147 Å². The molecule has 0 aliphatic heterocycles. The SMILES string of the molecule is NC(Cc1ccc(O)cc1)C(=O)O.NC(Cc1ccccc1)C(=O)O. The van der Waals surface area contributed by atoms with Crippen LogP contribution in [0.5, 0.6) is 5.75 Å². The Morgan fingerprint density at radius 1 is 0.760 bits per heavy atom. The van der Waals surface area contributed by atoms with Gasteiger partial charge in [0.05, 0.1) is 0 Å². The first kappa shape index (κ1) is 20.1. The van der Waals surface area contributed by atoms with E-state index in [1.54, 1.807) is 12.1 Å². The largest absolute Gasteiger partial charge is 0.508 e. The lowest BCUT2D eigenvalue weighted by Gasteiger charge is -2.05. The summed E-state index contributed by atoms with van der Waals surface area (Å²) in [6, 6.07) is 14.0. The third-order valence-electron chi connectivity index (χ3n) is 3.32. The molecule has 7 N–H and O–H groups in total. The number of hydrogen-bond acceptors (Lipinski definition) is 5. The predicted molar refractivity (Wildman–Crippen MR) is 93.2 cm³/mol. The minimum atomic E-state index is -1.02. The van der Waals surface area contributed by atoms with Gasteiger partial charge in [0.25, 0.3) is 0 Å². The molecule has 0 saturated carbocycles. The van der Waals surface area contributed by atoms with Crippen LogP contribution in [-0.4, -0.2) is 39.3 Å². The Kier molecular flexibility index (Phi) is 8.11. The highest BCUT2D eigenvalue weighted by Crippen LogP contribution is 2.10. The van der Waals surface area contributed by atoms with Gasteiger partial charge in [0.1, 0.15) is 17.8 Å². The highest BCUT2D eigenvalue weighted by molar-refractivity contribution is 5.73. The molecule has 2 aromatic rings. The van der Waals surface area contributed by atoms with Gasteiger partial charge in [-0.25, -0.2) is 0 Å². The Morgan fingerprint density at radius 2 is 1.16 bits per heavy atom. The quantitative estimate of drug-likeness (QED) is 0.524. The summed E-state index contributed by atoms with van der Waals surface area (Å²) in [5.74, 6) is -1.82. The van der Waals surface area contributed by atoms with Gasteiger partial charge in [-0.2, -0.15) is 0 Å². The normalized spacial score (nSPS) is 12.4. The number of carboxylic acid groups (broad SMARTS) is 2. The summed E-state index contributed by atoms with van der Waals surface area (Å²) in [4.78, 5) is 20.8. The van der Waals surface area contributed by atoms with Crippen LogP contribution in [0.2, 0.25) is 0 Å². The van der Waals surface area contributed by atoms with Gasteiger partial charge in [-0.15, -0.1) is 0 Å². The van der Waals surface area contributed by atoms with Gasteiger partial charge in [-0.3, -0.25) is 9.59 Å². The van der Waals surface area contributed by atoms with Gasteiger partial charge in [0, 0.05) is 0 Å². The van der Waals surface area contributed by atoms with Gasteiger partial charge in [-0.1, -0.05) is 42.5 Å². The average Bonchev–Trinajstić information content (AvgIpc) is 2.58. The maximum atomic E-state index is 10.4. The van der Waals surface area contributed by atoms with E-state index < -0.39 is 24.0 Å². The molecule has 7 nitrogen and oxygen atoms in total. The van der Waals surface area contributed by atoms with E-state index in [2.05, 4.69) is 0 Å². The number of aliphatic carboxylic acids is 2. The number of benzene rings is 2. The van der Waals surface area contributed by atoms with Crippen LogP contribution in [0.1, 0.15) is 11.1 Å². The summed E-state index contributed by atoms with van der Waals surface area (Å²) >= 11 is 0. The molecular formula is C18H22N2O5. The number of nitrogens with two attached hydrogens (primary N) is 2. The predicted octanol–water partition coefficient (Wildman–Crippen LogP) is 0.988. The van der Waals surface area contributed by atoms with Crippen molar-refractivity contribution in [1.29, 1.82) is 0 Å². The van der Waals surface area contributed by atoms with Crippen LogP contribution >= 0.6 is 0 Å². The minimum Gasteiger partial charge on any atom is -0.508 e. The number of phenolic OH excluding ortho intramolecular Hbond substituents is 1. The first-order valence-corrected chi connectivity index (χ1v) is 7.58. The van der Waals surface area contributed by atoms with Gasteiger partial charge in [0.2, 0.25) is 0 Å². The molecule has 0 spiro atoms. The Morgan fingerprint density at radius 3 is 1.56 bits per heavy atom. The van der Waals surface area contributed by atoms with Crippen molar-refractivity contribution in [3.05, 3.63) is 65.7 Å². The molecule has 134 valence electrons. The zero-order valence-corrected chi connectivity index (χ0v) is 13.6. The monoisotopic (exact) mass is 346 g/mol. The first-order chi connectivity index (χ1) is 11.8. The minimum absolute atomic E-state index is 0.160. The molecule has 0 aromatic heterocycles. The number of aromatic hydroxyl groups is 1. The fraction of sp³-hybridized carbons (Fsp3) is 0.222. The molecule has 2 aromatic carbocycles. The summed E-state index contributed by atoms with van der Waals surface area (Å²) in [5.41, 5.74) is 12.4. The van der Waals surface area contributed by atoms with E-state index in [1.807, 2.05) is 30.3 Å². The summed E-state index contributed by atoms with van der Waals surface area (Å²) in [6.07, 6.45) is 0.659. The third kappa shape index (κ3) is 7.96. The molecule has 25 heavy (non-hydrogen) atoms. The summed E-state index contributed by atoms with van der Waals surface area (Å²) in [5, 5.41) is 26.0. The number of hydrogen-bond donors (Lipinski definition) is 5. The van der Waals surface area contributed by atoms with E-state index >= 15 is 0 Å². The molecule has 2 unspecified atom stereocenters. The first-order valence-electron chi connectivity index (χ1n) is 7.58. The average molecular weight is 346 g/mol. The molecule has 0 aliphatic rings. The van der Waals surface area contributed by atoms with Crippen molar-refractivity contribution < 1.29 is 24.9 Å². The van der Waals surface area contributed by atoms with Crippen LogP contribution in [0.4, 0.5) is 0 Å². The molecule has 0 radical (unpaired) electrons. The van der Waals surface area contributed by atoms with Crippen molar-refractivity contribution in [2.45, 2.75) is 24.9 Å². The summed E-state index contributed by atoms with van der Waals surface area (Å²) in [6.45, 7) is 0. The summed E-state index contributed by atoms with van der Waals surface area (Å²) in [7, 11) is 0. The molecule has 2 rings (SSSR count). The lowest BCUT2D eigenvalue weighted by atomic mass is 10.1. The molecule has 7 heteroatoms. The van der Waals surface area contributed by atoms with Gasteiger partial charge in [-0.05, 0) is 36.1 Å². The second-order valence-corrected chi connectivity index (χ2v) is 5.45. The smallest absolute Gasteiger partial charge is 0.320 e. The summed E-state index contributed by atoms with van der Waals surface area (Å²) < 4.78 is 0. The highest BCUT2D eigenvalue weighted by Gasteiger charge is 2.12.